The van der Waals surface area contributed by atoms with E-state index in [2.05, 4.69) is 10.0 Å². The lowest BCUT2D eigenvalue weighted by atomic mass is 10.2. The molecule has 0 unspecified atom stereocenters. The molecule has 0 spiro atoms. The van der Waals surface area contributed by atoms with Gasteiger partial charge in [0.25, 0.3) is 15.9 Å². The Balaban J connectivity index is 1.73. The summed E-state index contributed by atoms with van der Waals surface area (Å²) < 4.78 is 33.3. The quantitative estimate of drug-likeness (QED) is 0.536. The minimum Gasteiger partial charge on any atom is -0.494 e. The van der Waals surface area contributed by atoms with Crippen LogP contribution in [0, 0.1) is 0 Å². The van der Waals surface area contributed by atoms with Gasteiger partial charge in [0.1, 0.15) is 10.6 Å². The molecule has 8 heteroatoms. The molecule has 0 saturated heterocycles. The van der Waals surface area contributed by atoms with Crippen molar-refractivity contribution in [3.8, 4) is 5.75 Å². The lowest BCUT2D eigenvalue weighted by molar-refractivity contribution is 0.0950. The number of benzene rings is 3. The van der Waals surface area contributed by atoms with Crippen molar-refractivity contribution < 1.29 is 17.9 Å². The molecule has 0 bridgehead atoms. The maximum absolute atomic E-state index is 12.7. The minimum absolute atomic E-state index is 0.0292. The van der Waals surface area contributed by atoms with E-state index < -0.39 is 15.9 Å². The number of halogens is 1. The topological polar surface area (TPSA) is 84.5 Å². The Bertz CT molecular complexity index is 1120. The van der Waals surface area contributed by atoms with E-state index in [1.807, 2.05) is 31.2 Å². The standard InChI is InChI=1S/C22H21ClN2O4S/c1-2-29-19-11-8-16(9-12-19)15-24-22(26)17-10-13-20(23)21(14-17)30(27,28)25-18-6-4-3-5-7-18/h3-14,25H,2,15H2,1H3,(H,24,26). The molecule has 0 radical (unpaired) electrons. The number of para-hydroxylation sites is 1. The number of carbonyl (C=O) groups excluding carboxylic acids is 1. The van der Waals surface area contributed by atoms with Gasteiger partial charge in [-0.3, -0.25) is 9.52 Å². The first-order chi connectivity index (χ1) is 14.4. The predicted molar refractivity (Wildman–Crippen MR) is 117 cm³/mol. The Kier molecular flexibility index (Phi) is 6.97. The number of sulfonamides is 1. The van der Waals surface area contributed by atoms with Crippen molar-refractivity contribution in [2.45, 2.75) is 18.4 Å². The van der Waals surface area contributed by atoms with Crippen molar-refractivity contribution in [1.29, 1.82) is 0 Å². The van der Waals surface area contributed by atoms with Gasteiger partial charge in [0.15, 0.2) is 0 Å². The van der Waals surface area contributed by atoms with Crippen molar-refractivity contribution in [2.24, 2.45) is 0 Å². The van der Waals surface area contributed by atoms with Crippen LogP contribution in [0.3, 0.4) is 0 Å². The van der Waals surface area contributed by atoms with Gasteiger partial charge in [-0.15, -0.1) is 0 Å². The van der Waals surface area contributed by atoms with Gasteiger partial charge in [0, 0.05) is 17.8 Å². The molecule has 0 aliphatic heterocycles. The van der Waals surface area contributed by atoms with Gasteiger partial charge in [-0.05, 0) is 55.0 Å². The third-order valence-corrected chi connectivity index (χ3v) is 6.06. The lowest BCUT2D eigenvalue weighted by Crippen LogP contribution is -2.23. The van der Waals surface area contributed by atoms with Crippen LogP contribution in [-0.4, -0.2) is 20.9 Å². The maximum Gasteiger partial charge on any atom is 0.263 e. The maximum atomic E-state index is 12.7. The van der Waals surface area contributed by atoms with Crippen LogP contribution in [0.1, 0.15) is 22.8 Å². The van der Waals surface area contributed by atoms with Gasteiger partial charge >= 0.3 is 0 Å². The Labute approximate surface area is 180 Å². The molecule has 30 heavy (non-hydrogen) atoms. The van der Waals surface area contributed by atoms with Gasteiger partial charge in [0.05, 0.1) is 11.6 Å². The smallest absolute Gasteiger partial charge is 0.263 e. The Morgan fingerprint density at radius 3 is 2.37 bits per heavy atom. The second-order valence-corrected chi connectivity index (χ2v) is 8.43. The molecule has 3 rings (SSSR count). The monoisotopic (exact) mass is 444 g/mol. The van der Waals surface area contributed by atoms with E-state index in [4.69, 9.17) is 16.3 Å². The third-order valence-electron chi connectivity index (χ3n) is 4.20. The summed E-state index contributed by atoms with van der Waals surface area (Å²) in [4.78, 5) is 12.4. The van der Waals surface area contributed by atoms with Crippen LogP contribution in [-0.2, 0) is 16.6 Å². The van der Waals surface area contributed by atoms with E-state index in [0.29, 0.717) is 12.3 Å². The van der Waals surface area contributed by atoms with Crippen LogP contribution < -0.4 is 14.8 Å². The summed E-state index contributed by atoms with van der Waals surface area (Å²) in [5, 5.41) is 2.81. The first kappa shape index (κ1) is 21.7. The Morgan fingerprint density at radius 1 is 1.00 bits per heavy atom. The minimum atomic E-state index is -3.95. The van der Waals surface area contributed by atoms with Crippen molar-refractivity contribution in [3.63, 3.8) is 0 Å². The summed E-state index contributed by atoms with van der Waals surface area (Å²) in [5.74, 6) is 0.350. The molecule has 2 N–H and O–H groups in total. The summed E-state index contributed by atoms with van der Waals surface area (Å²) in [5.41, 5.74) is 1.48. The third kappa shape index (κ3) is 5.52. The van der Waals surface area contributed by atoms with Crippen LogP contribution in [0.25, 0.3) is 0 Å². The number of hydrogen-bond acceptors (Lipinski definition) is 4. The second-order valence-electron chi connectivity index (χ2n) is 6.38. The Hall–Kier alpha value is -3.03. The van der Waals surface area contributed by atoms with E-state index in [-0.39, 0.29) is 22.0 Å². The second kappa shape index (κ2) is 9.65. The summed E-state index contributed by atoms with van der Waals surface area (Å²) in [6.07, 6.45) is 0. The van der Waals surface area contributed by atoms with Crippen molar-refractivity contribution >= 4 is 33.2 Å². The highest BCUT2D eigenvalue weighted by atomic mass is 35.5. The molecule has 3 aromatic rings. The highest BCUT2D eigenvalue weighted by molar-refractivity contribution is 7.92. The van der Waals surface area contributed by atoms with Gasteiger partial charge in [-0.25, -0.2) is 8.42 Å². The van der Waals surface area contributed by atoms with Gasteiger partial charge in [-0.2, -0.15) is 0 Å². The van der Waals surface area contributed by atoms with Gasteiger partial charge in [-0.1, -0.05) is 41.9 Å². The first-order valence-electron chi connectivity index (χ1n) is 9.26. The van der Waals surface area contributed by atoms with E-state index in [0.717, 1.165) is 11.3 Å². The molecular formula is C22H21ClN2O4S. The average molecular weight is 445 g/mol. The zero-order valence-electron chi connectivity index (χ0n) is 16.3. The lowest BCUT2D eigenvalue weighted by Gasteiger charge is -2.11. The summed E-state index contributed by atoms with van der Waals surface area (Å²) >= 11 is 6.10. The van der Waals surface area contributed by atoms with Crippen molar-refractivity contribution in [1.82, 2.24) is 5.32 Å². The normalized spacial score (nSPS) is 11.0. The molecule has 0 aliphatic carbocycles. The van der Waals surface area contributed by atoms with Crippen molar-refractivity contribution in [3.05, 3.63) is 88.9 Å². The molecule has 156 valence electrons. The fourth-order valence-corrected chi connectivity index (χ4v) is 4.31. The molecule has 0 saturated carbocycles. The number of rotatable bonds is 8. The van der Waals surface area contributed by atoms with E-state index in [1.165, 1.54) is 18.2 Å². The van der Waals surface area contributed by atoms with Crippen molar-refractivity contribution in [2.75, 3.05) is 11.3 Å². The van der Waals surface area contributed by atoms with Crippen LogP contribution in [0.4, 0.5) is 5.69 Å². The number of nitrogens with one attached hydrogen (secondary N) is 2. The molecular weight excluding hydrogens is 424 g/mol. The fourth-order valence-electron chi connectivity index (χ4n) is 2.72. The number of carbonyl (C=O) groups is 1. The zero-order valence-corrected chi connectivity index (χ0v) is 17.8. The van der Waals surface area contributed by atoms with E-state index in [1.54, 1.807) is 30.3 Å². The molecule has 0 aliphatic rings. The van der Waals surface area contributed by atoms with Crippen LogP contribution >= 0.6 is 11.6 Å². The van der Waals surface area contributed by atoms with Crippen LogP contribution in [0.5, 0.6) is 5.75 Å². The molecule has 0 atom stereocenters. The number of anilines is 1. The highest BCUT2D eigenvalue weighted by Gasteiger charge is 2.20. The first-order valence-corrected chi connectivity index (χ1v) is 11.1. The number of amides is 1. The van der Waals surface area contributed by atoms with Crippen LogP contribution in [0.2, 0.25) is 5.02 Å². The fraction of sp³-hybridized carbons (Fsp3) is 0.136. The van der Waals surface area contributed by atoms with E-state index in [9.17, 15) is 13.2 Å². The SMILES string of the molecule is CCOc1ccc(CNC(=O)c2ccc(Cl)c(S(=O)(=O)Nc3ccccc3)c2)cc1. The Morgan fingerprint density at radius 2 is 1.70 bits per heavy atom. The highest BCUT2D eigenvalue weighted by Crippen LogP contribution is 2.25. The number of ether oxygens (including phenoxy) is 1. The molecule has 1 amide bonds. The molecule has 0 heterocycles. The summed E-state index contributed by atoms with van der Waals surface area (Å²) in [6, 6.07) is 20.0. The predicted octanol–water partition coefficient (Wildman–Crippen LogP) is 4.47. The number of hydrogen-bond donors (Lipinski definition) is 2. The summed E-state index contributed by atoms with van der Waals surface area (Å²) in [6.45, 7) is 2.78. The zero-order chi connectivity index (χ0) is 21.6. The largest absolute Gasteiger partial charge is 0.494 e. The van der Waals surface area contributed by atoms with E-state index >= 15 is 0 Å². The van der Waals surface area contributed by atoms with Crippen LogP contribution in [0.15, 0.2) is 77.7 Å². The molecule has 3 aromatic carbocycles. The molecule has 0 aromatic heterocycles. The molecule has 0 fully saturated rings. The molecule has 6 nitrogen and oxygen atoms in total. The van der Waals surface area contributed by atoms with Gasteiger partial charge < -0.3 is 10.1 Å². The average Bonchev–Trinajstić information content (AvgIpc) is 2.74. The summed E-state index contributed by atoms with van der Waals surface area (Å²) in [7, 11) is -3.95. The van der Waals surface area contributed by atoms with Gasteiger partial charge in [0.2, 0.25) is 0 Å².